The molecule has 1 saturated heterocycles. The Balaban J connectivity index is 1.69. The lowest BCUT2D eigenvalue weighted by Gasteiger charge is -2.15. The van der Waals surface area contributed by atoms with Gasteiger partial charge in [-0.1, -0.05) is 19.8 Å². The number of likely N-dealkylation sites (tertiary alicyclic amines) is 1. The highest BCUT2D eigenvalue weighted by Crippen LogP contribution is 2.24. The molecule has 1 amide bonds. The zero-order chi connectivity index (χ0) is 18.7. The Kier molecular flexibility index (Phi) is 5.59. The second-order valence-electron chi connectivity index (χ2n) is 7.11. The van der Waals surface area contributed by atoms with Crippen molar-refractivity contribution < 1.29 is 14.0 Å². The van der Waals surface area contributed by atoms with Crippen molar-refractivity contribution in [3.05, 3.63) is 41.1 Å². The highest BCUT2D eigenvalue weighted by molar-refractivity contribution is 5.90. The van der Waals surface area contributed by atoms with Gasteiger partial charge in [-0.25, -0.2) is 4.68 Å². The van der Waals surface area contributed by atoms with Gasteiger partial charge in [0, 0.05) is 18.7 Å². The van der Waals surface area contributed by atoms with Crippen LogP contribution < -0.4 is 0 Å². The summed E-state index contributed by atoms with van der Waals surface area (Å²) in [4.78, 5) is 26.9. The average Bonchev–Trinajstić information content (AvgIpc) is 3.31. The summed E-state index contributed by atoms with van der Waals surface area (Å²) in [6, 6.07) is 3.64. The lowest BCUT2D eigenvalue weighted by atomic mass is 10.0. The molecule has 6 heteroatoms. The molecular formula is C20H27N3O3. The molecule has 2 aromatic rings. The van der Waals surface area contributed by atoms with Crippen molar-refractivity contribution >= 4 is 11.8 Å². The topological polar surface area (TPSA) is 68.3 Å². The van der Waals surface area contributed by atoms with Crippen LogP contribution in [0.1, 0.15) is 60.1 Å². The third-order valence-electron chi connectivity index (χ3n) is 5.17. The van der Waals surface area contributed by atoms with Crippen LogP contribution in [0.2, 0.25) is 0 Å². The van der Waals surface area contributed by atoms with Crippen molar-refractivity contribution in [2.24, 2.45) is 5.92 Å². The summed E-state index contributed by atoms with van der Waals surface area (Å²) in [6.45, 7) is 6.92. The highest BCUT2D eigenvalue weighted by atomic mass is 16.3. The molecule has 0 saturated carbocycles. The number of rotatable bonds is 7. The number of aromatic nitrogens is 2. The van der Waals surface area contributed by atoms with Gasteiger partial charge in [-0.3, -0.25) is 9.59 Å². The predicted molar refractivity (Wildman–Crippen MR) is 97.8 cm³/mol. The van der Waals surface area contributed by atoms with Crippen LogP contribution in [0.4, 0.5) is 0 Å². The average molecular weight is 357 g/mol. The monoisotopic (exact) mass is 357 g/mol. The maximum Gasteiger partial charge on any atom is 0.252 e. The Morgan fingerprint density at radius 2 is 2.15 bits per heavy atom. The van der Waals surface area contributed by atoms with E-state index in [-0.39, 0.29) is 24.2 Å². The van der Waals surface area contributed by atoms with Crippen LogP contribution in [0.15, 0.2) is 22.8 Å². The SMILES string of the molecule is CCCCCc1c(C)nn(C(=O)C2CC(=O)N(Cc3ccco3)C2)c1C. The van der Waals surface area contributed by atoms with Crippen molar-refractivity contribution in [1.82, 2.24) is 14.7 Å². The second-order valence-corrected chi connectivity index (χ2v) is 7.11. The minimum atomic E-state index is -0.348. The number of furan rings is 1. The third kappa shape index (κ3) is 3.74. The standard InChI is InChI=1S/C20H27N3O3/c1-4-5-6-9-18-14(2)21-23(15(18)3)20(25)16-11-19(24)22(12-16)13-17-8-7-10-26-17/h7-8,10,16H,4-6,9,11-13H2,1-3H3. The molecule has 0 bridgehead atoms. The highest BCUT2D eigenvalue weighted by Gasteiger charge is 2.36. The summed E-state index contributed by atoms with van der Waals surface area (Å²) in [5.74, 6) is 0.293. The minimum absolute atomic E-state index is 0.00977. The first-order valence-electron chi connectivity index (χ1n) is 9.40. The van der Waals surface area contributed by atoms with Crippen molar-refractivity contribution in [2.45, 2.75) is 59.4 Å². The molecule has 0 N–H and O–H groups in total. The largest absolute Gasteiger partial charge is 0.467 e. The van der Waals surface area contributed by atoms with E-state index in [0.717, 1.165) is 30.0 Å². The van der Waals surface area contributed by atoms with Crippen LogP contribution >= 0.6 is 0 Å². The van der Waals surface area contributed by atoms with Crippen molar-refractivity contribution in [3.63, 3.8) is 0 Å². The summed E-state index contributed by atoms with van der Waals surface area (Å²) in [6.07, 6.45) is 6.24. The zero-order valence-corrected chi connectivity index (χ0v) is 15.8. The van der Waals surface area contributed by atoms with Crippen molar-refractivity contribution in [1.29, 1.82) is 0 Å². The molecule has 1 atom stereocenters. The maximum atomic E-state index is 13.0. The zero-order valence-electron chi connectivity index (χ0n) is 15.8. The smallest absolute Gasteiger partial charge is 0.252 e. The van der Waals surface area contributed by atoms with E-state index in [1.165, 1.54) is 23.1 Å². The predicted octanol–water partition coefficient (Wildman–Crippen LogP) is 3.51. The lowest BCUT2D eigenvalue weighted by molar-refractivity contribution is -0.128. The van der Waals surface area contributed by atoms with Gasteiger partial charge < -0.3 is 9.32 Å². The number of unbranched alkanes of at least 4 members (excludes halogenated alkanes) is 2. The van der Waals surface area contributed by atoms with E-state index in [4.69, 9.17) is 4.42 Å². The molecular weight excluding hydrogens is 330 g/mol. The van der Waals surface area contributed by atoms with Crippen LogP contribution in [-0.4, -0.2) is 33.0 Å². The first kappa shape index (κ1) is 18.4. The van der Waals surface area contributed by atoms with Gasteiger partial charge in [0.25, 0.3) is 5.91 Å². The fourth-order valence-corrected chi connectivity index (χ4v) is 3.66. The van der Waals surface area contributed by atoms with E-state index < -0.39 is 0 Å². The molecule has 1 aliphatic rings. The fourth-order valence-electron chi connectivity index (χ4n) is 3.66. The molecule has 140 valence electrons. The normalized spacial score (nSPS) is 17.3. The number of nitrogens with zero attached hydrogens (tertiary/aromatic N) is 3. The van der Waals surface area contributed by atoms with Crippen molar-refractivity contribution in [3.8, 4) is 0 Å². The molecule has 3 rings (SSSR count). The third-order valence-corrected chi connectivity index (χ3v) is 5.17. The van der Waals surface area contributed by atoms with Gasteiger partial charge in [-0.05, 0) is 44.4 Å². The van der Waals surface area contributed by atoms with Crippen LogP contribution in [0.5, 0.6) is 0 Å². The number of carbonyl (C=O) groups is 2. The first-order chi connectivity index (χ1) is 12.5. The number of carbonyl (C=O) groups excluding carboxylic acids is 2. The number of hydrogen-bond donors (Lipinski definition) is 0. The van der Waals surface area contributed by atoms with E-state index >= 15 is 0 Å². The van der Waals surface area contributed by atoms with Gasteiger partial charge >= 0.3 is 0 Å². The van der Waals surface area contributed by atoms with Gasteiger partial charge in [0.1, 0.15) is 5.76 Å². The van der Waals surface area contributed by atoms with E-state index in [2.05, 4.69) is 12.0 Å². The van der Waals surface area contributed by atoms with Crippen LogP contribution in [0, 0.1) is 19.8 Å². The molecule has 0 aliphatic carbocycles. The van der Waals surface area contributed by atoms with Gasteiger partial charge in [0.05, 0.1) is 24.4 Å². The first-order valence-corrected chi connectivity index (χ1v) is 9.40. The summed E-state index contributed by atoms with van der Waals surface area (Å²) in [7, 11) is 0. The second kappa shape index (κ2) is 7.89. The molecule has 1 aliphatic heterocycles. The Labute approximate surface area is 154 Å². The molecule has 0 aromatic carbocycles. The Morgan fingerprint density at radius 1 is 1.35 bits per heavy atom. The van der Waals surface area contributed by atoms with Crippen LogP contribution in [-0.2, 0) is 17.8 Å². The number of aryl methyl sites for hydroxylation is 1. The van der Waals surface area contributed by atoms with Crippen LogP contribution in [0.3, 0.4) is 0 Å². The fraction of sp³-hybridized carbons (Fsp3) is 0.550. The summed E-state index contributed by atoms with van der Waals surface area (Å²) in [5, 5.41) is 4.48. The van der Waals surface area contributed by atoms with E-state index in [9.17, 15) is 9.59 Å². The molecule has 2 aromatic heterocycles. The molecule has 0 radical (unpaired) electrons. The lowest BCUT2D eigenvalue weighted by Crippen LogP contribution is -2.28. The van der Waals surface area contributed by atoms with Crippen molar-refractivity contribution in [2.75, 3.05) is 6.54 Å². The van der Waals surface area contributed by atoms with Crippen LogP contribution in [0.25, 0.3) is 0 Å². The molecule has 0 spiro atoms. The molecule has 1 fully saturated rings. The summed E-state index contributed by atoms with van der Waals surface area (Å²) >= 11 is 0. The van der Waals surface area contributed by atoms with Gasteiger partial charge in [-0.2, -0.15) is 5.10 Å². The molecule has 26 heavy (non-hydrogen) atoms. The molecule has 1 unspecified atom stereocenters. The quantitative estimate of drug-likeness (QED) is 0.711. The molecule has 6 nitrogen and oxygen atoms in total. The molecule has 3 heterocycles. The summed E-state index contributed by atoms with van der Waals surface area (Å²) in [5.41, 5.74) is 3.01. The maximum absolute atomic E-state index is 13.0. The Bertz CT molecular complexity index is 777. The van der Waals surface area contributed by atoms with E-state index in [0.29, 0.717) is 13.1 Å². The minimum Gasteiger partial charge on any atom is -0.467 e. The number of hydrogen-bond acceptors (Lipinski definition) is 4. The Morgan fingerprint density at radius 3 is 2.85 bits per heavy atom. The number of amides is 1. The van der Waals surface area contributed by atoms with Gasteiger partial charge in [0.15, 0.2) is 0 Å². The summed E-state index contributed by atoms with van der Waals surface area (Å²) < 4.78 is 6.83. The van der Waals surface area contributed by atoms with Gasteiger partial charge in [-0.15, -0.1) is 0 Å². The Hall–Kier alpha value is -2.37. The van der Waals surface area contributed by atoms with E-state index in [1.807, 2.05) is 19.9 Å². The van der Waals surface area contributed by atoms with Gasteiger partial charge in [0.2, 0.25) is 5.91 Å². The van der Waals surface area contributed by atoms with E-state index in [1.54, 1.807) is 17.2 Å².